The first-order valence-corrected chi connectivity index (χ1v) is 11.4. The molecule has 156 valence electrons. The third-order valence-electron chi connectivity index (χ3n) is 4.76. The van der Waals surface area contributed by atoms with Crippen molar-refractivity contribution in [2.24, 2.45) is 0 Å². The van der Waals surface area contributed by atoms with E-state index in [1.165, 1.54) is 6.08 Å². The van der Waals surface area contributed by atoms with Gasteiger partial charge < -0.3 is 4.74 Å². The standard InChI is InChI=1S/C24H17BrClNO3S/c1-2-10-27-23(28)21(31-24(27)29)13-15-11-19(25)22(20(26)12-15)30-14-17-8-5-7-16-6-3-4-9-18(16)17/h2-9,11-13H,1,10,14H2/b21-13+. The van der Waals surface area contributed by atoms with Gasteiger partial charge in [0.05, 0.1) is 14.4 Å². The van der Waals surface area contributed by atoms with Crippen LogP contribution in [0.3, 0.4) is 0 Å². The molecule has 2 amide bonds. The highest BCUT2D eigenvalue weighted by Crippen LogP contribution is 2.38. The molecule has 3 aromatic carbocycles. The second-order valence-electron chi connectivity index (χ2n) is 6.82. The van der Waals surface area contributed by atoms with Crippen molar-refractivity contribution in [2.45, 2.75) is 6.61 Å². The summed E-state index contributed by atoms with van der Waals surface area (Å²) in [7, 11) is 0. The van der Waals surface area contributed by atoms with E-state index in [1.807, 2.05) is 30.3 Å². The maximum absolute atomic E-state index is 12.4. The van der Waals surface area contributed by atoms with Gasteiger partial charge in [-0.2, -0.15) is 0 Å². The topological polar surface area (TPSA) is 46.6 Å². The number of amides is 2. The first-order chi connectivity index (χ1) is 15.0. The van der Waals surface area contributed by atoms with Crippen molar-refractivity contribution in [3.05, 3.63) is 92.8 Å². The van der Waals surface area contributed by atoms with Gasteiger partial charge in [0, 0.05) is 6.54 Å². The van der Waals surface area contributed by atoms with E-state index in [9.17, 15) is 9.59 Å². The predicted octanol–water partition coefficient (Wildman–Crippen LogP) is 7.06. The molecule has 7 heteroatoms. The number of ether oxygens (including phenoxy) is 1. The summed E-state index contributed by atoms with van der Waals surface area (Å²) in [6.07, 6.45) is 3.17. The molecular weight excluding hydrogens is 498 g/mol. The Morgan fingerprint density at radius 2 is 1.90 bits per heavy atom. The number of thioether (sulfide) groups is 1. The number of hydrogen-bond acceptors (Lipinski definition) is 4. The maximum Gasteiger partial charge on any atom is 0.293 e. The third kappa shape index (κ3) is 4.56. The van der Waals surface area contributed by atoms with Crippen LogP contribution in [0, 0.1) is 0 Å². The summed E-state index contributed by atoms with van der Waals surface area (Å²) < 4.78 is 6.69. The zero-order chi connectivity index (χ0) is 22.0. The van der Waals surface area contributed by atoms with Gasteiger partial charge in [-0.25, -0.2) is 0 Å². The van der Waals surface area contributed by atoms with E-state index >= 15 is 0 Å². The summed E-state index contributed by atoms with van der Waals surface area (Å²) in [4.78, 5) is 25.9. The first-order valence-electron chi connectivity index (χ1n) is 9.42. The maximum atomic E-state index is 12.4. The van der Waals surface area contributed by atoms with Gasteiger partial charge in [0.15, 0.2) is 5.75 Å². The van der Waals surface area contributed by atoms with E-state index in [2.05, 4.69) is 40.7 Å². The van der Waals surface area contributed by atoms with Crippen molar-refractivity contribution >= 4 is 67.3 Å². The van der Waals surface area contributed by atoms with Crippen LogP contribution in [-0.2, 0) is 11.4 Å². The van der Waals surface area contributed by atoms with E-state index in [-0.39, 0.29) is 17.7 Å². The van der Waals surface area contributed by atoms with Crippen LogP contribution in [0.5, 0.6) is 5.75 Å². The summed E-state index contributed by atoms with van der Waals surface area (Å²) >= 11 is 10.9. The minimum absolute atomic E-state index is 0.188. The van der Waals surface area contributed by atoms with Gasteiger partial charge in [0.1, 0.15) is 6.61 Å². The van der Waals surface area contributed by atoms with Gasteiger partial charge in [-0.15, -0.1) is 6.58 Å². The molecule has 0 aliphatic carbocycles. The van der Waals surface area contributed by atoms with E-state index in [0.717, 1.165) is 33.0 Å². The number of fused-ring (bicyclic) bond motifs is 1. The van der Waals surface area contributed by atoms with Crippen molar-refractivity contribution in [2.75, 3.05) is 6.54 Å². The van der Waals surface area contributed by atoms with E-state index in [4.69, 9.17) is 16.3 Å². The Kier molecular flexibility index (Phi) is 6.51. The molecule has 1 aliphatic heterocycles. The molecule has 0 saturated carbocycles. The number of nitrogens with zero attached hydrogens (tertiary/aromatic N) is 1. The molecule has 0 N–H and O–H groups in total. The van der Waals surface area contributed by atoms with Crippen molar-refractivity contribution in [3.8, 4) is 5.75 Å². The van der Waals surface area contributed by atoms with E-state index < -0.39 is 0 Å². The zero-order valence-corrected chi connectivity index (χ0v) is 19.5. The number of hydrogen-bond donors (Lipinski definition) is 0. The van der Waals surface area contributed by atoms with Crippen LogP contribution >= 0.6 is 39.3 Å². The van der Waals surface area contributed by atoms with Crippen LogP contribution in [0.15, 0.2) is 76.6 Å². The Morgan fingerprint density at radius 1 is 1.13 bits per heavy atom. The van der Waals surface area contributed by atoms with E-state index in [1.54, 1.807) is 12.1 Å². The van der Waals surface area contributed by atoms with Crippen LogP contribution in [0.2, 0.25) is 5.02 Å². The summed E-state index contributed by atoms with van der Waals surface area (Å²) in [6.45, 7) is 4.13. The van der Waals surface area contributed by atoms with Crippen LogP contribution < -0.4 is 4.74 Å². The highest BCUT2D eigenvalue weighted by molar-refractivity contribution is 9.10. The Morgan fingerprint density at radius 3 is 2.68 bits per heavy atom. The largest absolute Gasteiger partial charge is 0.486 e. The molecule has 4 nitrogen and oxygen atoms in total. The average molecular weight is 515 g/mol. The SMILES string of the molecule is C=CCN1C(=O)S/C(=C/c2cc(Cl)c(OCc3cccc4ccccc34)c(Br)c2)C1=O. The summed E-state index contributed by atoms with van der Waals surface area (Å²) in [5.41, 5.74) is 1.75. The second kappa shape index (κ2) is 9.30. The van der Waals surface area contributed by atoms with Gasteiger partial charge in [-0.05, 0) is 67.8 Å². The van der Waals surface area contributed by atoms with Gasteiger partial charge in [-0.1, -0.05) is 60.1 Å². The van der Waals surface area contributed by atoms with Crippen LogP contribution in [0.25, 0.3) is 16.8 Å². The predicted molar refractivity (Wildman–Crippen MR) is 130 cm³/mol. The van der Waals surface area contributed by atoms with Gasteiger partial charge in [0.2, 0.25) is 0 Å². The number of rotatable bonds is 6. The van der Waals surface area contributed by atoms with Crippen molar-refractivity contribution in [3.63, 3.8) is 0 Å². The van der Waals surface area contributed by atoms with Crippen molar-refractivity contribution in [1.82, 2.24) is 4.90 Å². The fraction of sp³-hybridized carbons (Fsp3) is 0.0833. The Hall–Kier alpha value is -2.54. The fourth-order valence-corrected chi connectivity index (χ4v) is 5.14. The second-order valence-corrected chi connectivity index (χ2v) is 9.08. The lowest BCUT2D eigenvalue weighted by atomic mass is 10.1. The molecule has 0 spiro atoms. The smallest absolute Gasteiger partial charge is 0.293 e. The highest BCUT2D eigenvalue weighted by Gasteiger charge is 2.34. The third-order valence-corrected chi connectivity index (χ3v) is 6.53. The van der Waals surface area contributed by atoms with Crippen molar-refractivity contribution in [1.29, 1.82) is 0 Å². The first kappa shape index (κ1) is 21.7. The minimum atomic E-state index is -0.335. The number of imide groups is 1. The normalized spacial score (nSPS) is 15.2. The van der Waals surface area contributed by atoms with Gasteiger partial charge >= 0.3 is 0 Å². The molecule has 0 aromatic heterocycles. The van der Waals surface area contributed by atoms with Crippen LogP contribution in [0.1, 0.15) is 11.1 Å². The Balaban J connectivity index is 1.56. The summed E-state index contributed by atoms with van der Waals surface area (Å²) in [6, 6.07) is 17.7. The van der Waals surface area contributed by atoms with Crippen LogP contribution in [0.4, 0.5) is 4.79 Å². The molecule has 1 aliphatic rings. The number of carbonyl (C=O) groups excluding carboxylic acids is 2. The monoisotopic (exact) mass is 513 g/mol. The molecule has 3 aromatic rings. The molecule has 31 heavy (non-hydrogen) atoms. The summed E-state index contributed by atoms with van der Waals surface area (Å²) in [5.74, 6) is 0.185. The Labute approximate surface area is 197 Å². The molecule has 1 fully saturated rings. The molecule has 1 saturated heterocycles. The molecular formula is C24H17BrClNO3S. The molecule has 0 unspecified atom stereocenters. The lowest BCUT2D eigenvalue weighted by Gasteiger charge is -2.13. The average Bonchev–Trinajstić information content (AvgIpc) is 3.01. The van der Waals surface area contributed by atoms with Gasteiger partial charge in [-0.3, -0.25) is 14.5 Å². The molecule has 0 radical (unpaired) electrons. The zero-order valence-electron chi connectivity index (χ0n) is 16.3. The lowest BCUT2D eigenvalue weighted by Crippen LogP contribution is -2.27. The molecule has 0 atom stereocenters. The number of benzene rings is 3. The summed E-state index contributed by atoms with van der Waals surface area (Å²) in [5, 5.41) is 2.38. The quantitative estimate of drug-likeness (QED) is 0.261. The highest BCUT2D eigenvalue weighted by atomic mass is 79.9. The van der Waals surface area contributed by atoms with E-state index in [0.29, 0.717) is 32.3 Å². The minimum Gasteiger partial charge on any atom is -0.486 e. The number of carbonyl (C=O) groups is 2. The number of halogens is 2. The molecule has 4 rings (SSSR count). The molecule has 1 heterocycles. The van der Waals surface area contributed by atoms with Crippen molar-refractivity contribution < 1.29 is 14.3 Å². The van der Waals surface area contributed by atoms with Crippen LogP contribution in [-0.4, -0.2) is 22.6 Å². The fourth-order valence-electron chi connectivity index (χ4n) is 3.31. The lowest BCUT2D eigenvalue weighted by molar-refractivity contribution is -0.122. The molecule has 0 bridgehead atoms. The Bertz CT molecular complexity index is 1210. The van der Waals surface area contributed by atoms with Gasteiger partial charge in [0.25, 0.3) is 11.1 Å².